The molecule has 0 fully saturated rings. The lowest BCUT2D eigenvalue weighted by Gasteiger charge is -2.19. The van der Waals surface area contributed by atoms with Crippen LogP contribution >= 0.6 is 0 Å². The first-order valence-corrected chi connectivity index (χ1v) is 7.63. The maximum atomic E-state index is 11.8. The minimum atomic E-state index is -0.412. The zero-order chi connectivity index (χ0) is 16.4. The van der Waals surface area contributed by atoms with Gasteiger partial charge in [-0.2, -0.15) is 0 Å². The molecule has 0 bridgehead atoms. The fourth-order valence-corrected chi connectivity index (χ4v) is 2.40. The molecule has 0 amide bonds. The molecule has 0 radical (unpaired) electrons. The largest absolute Gasteiger partial charge is 0.492 e. The molecule has 120 valence electrons. The van der Waals surface area contributed by atoms with Crippen LogP contribution in [0.3, 0.4) is 0 Å². The predicted molar refractivity (Wildman–Crippen MR) is 88.9 cm³/mol. The van der Waals surface area contributed by atoms with Crippen LogP contribution in [0.15, 0.2) is 51.8 Å². The number of ether oxygens (including phenoxy) is 1. The van der Waals surface area contributed by atoms with Crippen molar-refractivity contribution in [2.24, 2.45) is 0 Å². The molecule has 0 N–H and O–H groups in total. The fraction of sp³-hybridized carbons (Fsp3) is 0.333. The van der Waals surface area contributed by atoms with E-state index in [4.69, 9.17) is 9.15 Å². The Hall–Kier alpha value is -2.56. The van der Waals surface area contributed by atoms with Gasteiger partial charge >= 0.3 is 5.76 Å². The Balaban J connectivity index is 1.67. The normalized spacial score (nSPS) is 11.8. The van der Waals surface area contributed by atoms with Crippen molar-refractivity contribution in [1.29, 1.82) is 0 Å². The first kappa shape index (κ1) is 15.3. The summed E-state index contributed by atoms with van der Waals surface area (Å²) in [6.07, 6.45) is 1.64. The third-order valence-electron chi connectivity index (χ3n) is 3.73. The van der Waals surface area contributed by atoms with Gasteiger partial charge in [-0.3, -0.25) is 4.57 Å². The molecular weight excluding hydrogens is 292 g/mol. The number of nitrogens with zero attached hydrogens (tertiary/aromatic N) is 2. The molecule has 5 heteroatoms. The van der Waals surface area contributed by atoms with Crippen molar-refractivity contribution in [2.75, 3.05) is 6.61 Å². The lowest BCUT2D eigenvalue weighted by molar-refractivity contribution is 0.293. The maximum Gasteiger partial charge on any atom is 0.421 e. The van der Waals surface area contributed by atoms with Crippen LogP contribution in [0.25, 0.3) is 11.2 Å². The summed E-state index contributed by atoms with van der Waals surface area (Å²) in [5, 5.41) is 0. The van der Waals surface area contributed by atoms with E-state index in [1.54, 1.807) is 18.3 Å². The minimum Gasteiger partial charge on any atom is -0.492 e. The van der Waals surface area contributed by atoms with Gasteiger partial charge in [0.1, 0.15) is 12.4 Å². The van der Waals surface area contributed by atoms with E-state index in [0.29, 0.717) is 24.4 Å². The van der Waals surface area contributed by atoms with E-state index in [9.17, 15) is 4.79 Å². The molecule has 1 aromatic carbocycles. The van der Waals surface area contributed by atoms with Crippen LogP contribution in [0.2, 0.25) is 0 Å². The minimum absolute atomic E-state index is 0.118. The van der Waals surface area contributed by atoms with Gasteiger partial charge in [0.2, 0.25) is 0 Å². The van der Waals surface area contributed by atoms with Gasteiger partial charge in [0.05, 0.1) is 6.54 Å². The van der Waals surface area contributed by atoms with Gasteiger partial charge in [0.15, 0.2) is 11.2 Å². The van der Waals surface area contributed by atoms with Crippen molar-refractivity contribution in [1.82, 2.24) is 9.55 Å². The number of oxazole rings is 1. The summed E-state index contributed by atoms with van der Waals surface area (Å²) < 4.78 is 12.4. The van der Waals surface area contributed by atoms with Crippen molar-refractivity contribution in [2.45, 2.75) is 32.7 Å². The van der Waals surface area contributed by atoms with E-state index in [1.165, 1.54) is 10.1 Å². The standard InChI is InChI=1S/C18H20N2O3/c1-18(2,3)13-6-8-14(9-7-13)22-12-11-20-16-15(23-17(20)21)5-4-10-19-16/h4-10H,11-12H2,1-3H3. The lowest BCUT2D eigenvalue weighted by Crippen LogP contribution is -2.19. The maximum absolute atomic E-state index is 11.8. The molecule has 2 aromatic heterocycles. The zero-order valence-corrected chi connectivity index (χ0v) is 13.6. The molecule has 0 aliphatic rings. The highest BCUT2D eigenvalue weighted by atomic mass is 16.5. The summed E-state index contributed by atoms with van der Waals surface area (Å²) in [5.74, 6) is 0.372. The van der Waals surface area contributed by atoms with E-state index in [2.05, 4.69) is 37.9 Å². The second-order valence-electron chi connectivity index (χ2n) is 6.47. The smallest absolute Gasteiger partial charge is 0.421 e. The van der Waals surface area contributed by atoms with Crippen molar-refractivity contribution >= 4 is 11.2 Å². The number of aromatic nitrogens is 2. The van der Waals surface area contributed by atoms with Crippen molar-refractivity contribution in [3.05, 3.63) is 58.7 Å². The van der Waals surface area contributed by atoms with Crippen LogP contribution in [-0.2, 0) is 12.0 Å². The molecule has 0 saturated heterocycles. The van der Waals surface area contributed by atoms with Crippen molar-refractivity contribution in [3.63, 3.8) is 0 Å². The quantitative estimate of drug-likeness (QED) is 0.741. The Labute approximate surface area is 134 Å². The SMILES string of the molecule is CC(C)(C)c1ccc(OCCn2c(=O)oc3cccnc32)cc1. The van der Waals surface area contributed by atoms with E-state index in [0.717, 1.165) is 5.75 Å². The number of benzene rings is 1. The van der Waals surface area contributed by atoms with Gasteiger partial charge < -0.3 is 9.15 Å². The number of hydrogen-bond acceptors (Lipinski definition) is 4. The van der Waals surface area contributed by atoms with Crippen LogP contribution < -0.4 is 10.5 Å². The molecule has 2 heterocycles. The molecule has 23 heavy (non-hydrogen) atoms. The Bertz CT molecular complexity index is 854. The van der Waals surface area contributed by atoms with Gasteiger partial charge in [-0.15, -0.1) is 0 Å². The van der Waals surface area contributed by atoms with E-state index in [-0.39, 0.29) is 5.41 Å². The Morgan fingerprint density at radius 3 is 2.61 bits per heavy atom. The number of fused-ring (bicyclic) bond motifs is 1. The van der Waals surface area contributed by atoms with Crippen LogP contribution in [0.1, 0.15) is 26.3 Å². The van der Waals surface area contributed by atoms with E-state index in [1.807, 2.05) is 12.1 Å². The average Bonchev–Trinajstić information content (AvgIpc) is 2.83. The highest BCUT2D eigenvalue weighted by molar-refractivity contribution is 5.67. The van der Waals surface area contributed by atoms with Crippen LogP contribution in [0.5, 0.6) is 5.75 Å². The van der Waals surface area contributed by atoms with Gasteiger partial charge in [-0.1, -0.05) is 32.9 Å². The predicted octanol–water partition coefficient (Wildman–Crippen LogP) is 3.37. The number of hydrogen-bond donors (Lipinski definition) is 0. The third-order valence-corrected chi connectivity index (χ3v) is 3.73. The fourth-order valence-electron chi connectivity index (χ4n) is 2.40. The molecule has 0 spiro atoms. The van der Waals surface area contributed by atoms with Gasteiger partial charge in [-0.05, 0) is 35.2 Å². The number of pyridine rings is 1. The van der Waals surface area contributed by atoms with Crippen LogP contribution in [0, 0.1) is 0 Å². The molecule has 0 atom stereocenters. The van der Waals surface area contributed by atoms with Crippen molar-refractivity contribution in [3.8, 4) is 5.75 Å². The Morgan fingerprint density at radius 1 is 1.17 bits per heavy atom. The van der Waals surface area contributed by atoms with Gasteiger partial charge in [0.25, 0.3) is 0 Å². The first-order chi connectivity index (χ1) is 10.9. The molecule has 3 rings (SSSR count). The molecule has 3 aromatic rings. The molecule has 0 unspecified atom stereocenters. The second-order valence-corrected chi connectivity index (χ2v) is 6.47. The second kappa shape index (κ2) is 5.91. The van der Waals surface area contributed by atoms with Crippen molar-refractivity contribution < 1.29 is 9.15 Å². The summed E-state index contributed by atoms with van der Waals surface area (Å²) >= 11 is 0. The highest BCUT2D eigenvalue weighted by Gasteiger charge is 2.13. The summed E-state index contributed by atoms with van der Waals surface area (Å²) in [4.78, 5) is 16.0. The Kier molecular flexibility index (Phi) is 3.94. The summed E-state index contributed by atoms with van der Waals surface area (Å²) in [6, 6.07) is 11.5. The molecular formula is C18H20N2O3. The Morgan fingerprint density at radius 2 is 1.91 bits per heavy atom. The highest BCUT2D eigenvalue weighted by Crippen LogP contribution is 2.24. The first-order valence-electron chi connectivity index (χ1n) is 7.63. The van der Waals surface area contributed by atoms with Crippen LogP contribution in [0.4, 0.5) is 0 Å². The number of rotatable bonds is 4. The zero-order valence-electron chi connectivity index (χ0n) is 13.6. The van der Waals surface area contributed by atoms with Crippen LogP contribution in [-0.4, -0.2) is 16.2 Å². The van der Waals surface area contributed by atoms with E-state index >= 15 is 0 Å². The van der Waals surface area contributed by atoms with Gasteiger partial charge in [-0.25, -0.2) is 9.78 Å². The third kappa shape index (κ3) is 3.28. The average molecular weight is 312 g/mol. The molecule has 0 saturated carbocycles. The lowest BCUT2D eigenvalue weighted by atomic mass is 9.87. The molecule has 0 aliphatic carbocycles. The summed E-state index contributed by atoms with van der Waals surface area (Å²) in [7, 11) is 0. The molecule has 0 aliphatic heterocycles. The summed E-state index contributed by atoms with van der Waals surface area (Å²) in [5.41, 5.74) is 2.41. The molecule has 5 nitrogen and oxygen atoms in total. The monoisotopic (exact) mass is 312 g/mol. The topological polar surface area (TPSA) is 57.3 Å². The van der Waals surface area contributed by atoms with E-state index < -0.39 is 5.76 Å². The summed E-state index contributed by atoms with van der Waals surface area (Å²) in [6.45, 7) is 7.29. The van der Waals surface area contributed by atoms with Gasteiger partial charge in [0, 0.05) is 6.20 Å².